The van der Waals surface area contributed by atoms with E-state index in [1.165, 1.54) is 42.1 Å². The quantitative estimate of drug-likeness (QED) is 0.561. The number of sulfonamides is 1. The molecule has 0 atom stereocenters. The Morgan fingerprint density at radius 1 is 1.03 bits per heavy atom. The van der Waals surface area contributed by atoms with Crippen LogP contribution in [0.25, 0.3) is 22.4 Å². The van der Waals surface area contributed by atoms with E-state index in [0.717, 1.165) is 12.1 Å². The molecule has 1 aromatic heterocycles. The molecule has 2 aromatic carbocycles. The maximum atomic E-state index is 13.7. The van der Waals surface area contributed by atoms with Gasteiger partial charge in [-0.2, -0.15) is 13.2 Å². The van der Waals surface area contributed by atoms with Crippen LogP contribution in [-0.4, -0.2) is 36.6 Å². The minimum atomic E-state index is -4.82. The highest BCUT2D eigenvalue weighted by atomic mass is 32.2. The van der Waals surface area contributed by atoms with Crippen molar-refractivity contribution in [3.8, 4) is 22.4 Å². The number of nitrogens with two attached hydrogens (primary N) is 1. The third kappa shape index (κ3) is 4.57. The first kappa shape index (κ1) is 22.5. The second kappa shape index (κ2) is 8.34. The Bertz CT molecular complexity index is 1260. The fourth-order valence-electron chi connectivity index (χ4n) is 3.30. The van der Waals surface area contributed by atoms with E-state index in [1.54, 1.807) is 11.0 Å². The Labute approximate surface area is 185 Å². The number of rotatable bonds is 4. The molecule has 0 aliphatic carbocycles. The van der Waals surface area contributed by atoms with Crippen LogP contribution >= 0.6 is 11.8 Å². The topological polar surface area (TPSA) is 89.2 Å². The van der Waals surface area contributed by atoms with Gasteiger partial charge in [-0.1, -0.05) is 12.1 Å². The van der Waals surface area contributed by atoms with Crippen LogP contribution < -0.4 is 10.0 Å². The Morgan fingerprint density at radius 3 is 2.34 bits per heavy atom. The Kier molecular flexibility index (Phi) is 5.86. The lowest BCUT2D eigenvalue weighted by atomic mass is 9.99. The van der Waals surface area contributed by atoms with Crippen molar-refractivity contribution < 1.29 is 26.0 Å². The molecule has 1 aliphatic rings. The number of aromatic nitrogens is 2. The van der Waals surface area contributed by atoms with Crippen LogP contribution in [0.1, 0.15) is 5.82 Å². The van der Waals surface area contributed by atoms with Crippen LogP contribution in [0.15, 0.2) is 53.4 Å². The number of hydrogen-bond acceptors (Lipinski definition) is 6. The second-order valence-electron chi connectivity index (χ2n) is 6.97. The van der Waals surface area contributed by atoms with Crippen molar-refractivity contribution in [1.29, 1.82) is 0 Å². The summed E-state index contributed by atoms with van der Waals surface area (Å²) in [5, 5.41) is 5.25. The molecule has 0 unspecified atom stereocenters. The fraction of sp³-hybridized carbons (Fsp3) is 0.200. The summed E-state index contributed by atoms with van der Waals surface area (Å²) < 4.78 is 78.2. The molecule has 168 valence electrons. The molecule has 1 fully saturated rings. The van der Waals surface area contributed by atoms with Gasteiger partial charge in [0.15, 0.2) is 0 Å². The summed E-state index contributed by atoms with van der Waals surface area (Å²) in [5.74, 6) is -0.793. The molecular formula is C20H16F4N4O2S2. The van der Waals surface area contributed by atoms with Gasteiger partial charge in [0.25, 0.3) is 0 Å². The van der Waals surface area contributed by atoms with Crippen molar-refractivity contribution in [3.05, 3.63) is 60.2 Å². The van der Waals surface area contributed by atoms with Gasteiger partial charge in [0.1, 0.15) is 11.6 Å². The van der Waals surface area contributed by atoms with E-state index in [9.17, 15) is 26.0 Å². The zero-order valence-corrected chi connectivity index (χ0v) is 17.9. The largest absolute Gasteiger partial charge is 0.451 e. The summed E-state index contributed by atoms with van der Waals surface area (Å²) in [4.78, 5) is 9.06. The monoisotopic (exact) mass is 484 g/mol. The summed E-state index contributed by atoms with van der Waals surface area (Å²) >= 11 is 1.52. The van der Waals surface area contributed by atoms with Gasteiger partial charge in [0.2, 0.25) is 15.8 Å². The molecule has 2 heterocycles. The Morgan fingerprint density at radius 2 is 1.75 bits per heavy atom. The van der Waals surface area contributed by atoms with Crippen molar-refractivity contribution in [2.24, 2.45) is 5.14 Å². The number of anilines is 1. The maximum absolute atomic E-state index is 13.7. The van der Waals surface area contributed by atoms with Crippen LogP contribution in [0.4, 0.5) is 23.4 Å². The van der Waals surface area contributed by atoms with Crippen molar-refractivity contribution in [2.75, 3.05) is 23.1 Å². The normalized spacial score (nSPS) is 14.7. The molecule has 12 heteroatoms. The number of alkyl halides is 3. The van der Waals surface area contributed by atoms with Crippen LogP contribution in [0.3, 0.4) is 0 Å². The van der Waals surface area contributed by atoms with E-state index in [1.807, 2.05) is 0 Å². The number of benzene rings is 2. The lowest BCUT2D eigenvalue weighted by Gasteiger charge is -2.23. The standard InChI is InChI=1S/C20H16F4N4O2S2/c21-14-6-4-12(5-7-14)17-16(13-2-1-3-15(10-13)32(25,29)30)18(28-8-9-31-11-28)27-19(26-17)20(22,23)24/h1-7,10H,8-9,11H2,(H2,25,29,30). The molecule has 0 saturated carbocycles. The predicted molar refractivity (Wildman–Crippen MR) is 114 cm³/mol. The number of hydrogen-bond donors (Lipinski definition) is 1. The number of halogens is 4. The van der Waals surface area contributed by atoms with Gasteiger partial charge in [-0.25, -0.2) is 27.9 Å². The highest BCUT2D eigenvalue weighted by Gasteiger charge is 2.38. The minimum Gasteiger partial charge on any atom is -0.346 e. The van der Waals surface area contributed by atoms with Crippen molar-refractivity contribution in [3.63, 3.8) is 0 Å². The number of thioether (sulfide) groups is 1. The highest BCUT2D eigenvalue weighted by molar-refractivity contribution is 7.99. The van der Waals surface area contributed by atoms with Crippen molar-refractivity contribution in [1.82, 2.24) is 9.97 Å². The zero-order valence-electron chi connectivity index (χ0n) is 16.3. The summed E-state index contributed by atoms with van der Waals surface area (Å²) in [5.41, 5.74) is 0.614. The van der Waals surface area contributed by atoms with E-state index in [-0.39, 0.29) is 33.1 Å². The average Bonchev–Trinajstić information content (AvgIpc) is 3.27. The van der Waals surface area contributed by atoms with E-state index >= 15 is 0 Å². The number of primary sulfonamides is 1. The molecule has 4 rings (SSSR count). The maximum Gasteiger partial charge on any atom is 0.451 e. The summed E-state index contributed by atoms with van der Waals surface area (Å²) in [6, 6.07) is 10.4. The molecule has 0 amide bonds. The molecule has 2 N–H and O–H groups in total. The lowest BCUT2D eigenvalue weighted by molar-refractivity contribution is -0.144. The highest BCUT2D eigenvalue weighted by Crippen LogP contribution is 2.42. The third-order valence-electron chi connectivity index (χ3n) is 4.76. The first-order chi connectivity index (χ1) is 15.0. The van der Waals surface area contributed by atoms with E-state index in [0.29, 0.717) is 18.2 Å². The molecule has 0 bridgehead atoms. The molecule has 3 aromatic rings. The summed E-state index contributed by atoms with van der Waals surface area (Å²) in [6.07, 6.45) is -4.82. The van der Waals surface area contributed by atoms with Gasteiger partial charge in [0.05, 0.1) is 22.0 Å². The average molecular weight is 485 g/mol. The smallest absolute Gasteiger partial charge is 0.346 e. The molecule has 0 spiro atoms. The molecule has 1 aliphatic heterocycles. The molecular weight excluding hydrogens is 468 g/mol. The van der Waals surface area contributed by atoms with Gasteiger partial charge in [-0.3, -0.25) is 0 Å². The molecule has 0 radical (unpaired) electrons. The fourth-order valence-corrected chi connectivity index (χ4v) is 4.81. The SMILES string of the molecule is NS(=O)(=O)c1cccc(-c2c(-c3ccc(F)cc3)nc(C(F)(F)F)nc2N2CCSC2)c1. The Balaban J connectivity index is 2.07. The minimum absolute atomic E-state index is 0.0169. The number of nitrogens with zero attached hydrogens (tertiary/aromatic N) is 3. The molecule has 1 saturated heterocycles. The first-order valence-corrected chi connectivity index (χ1v) is 12.0. The van der Waals surface area contributed by atoms with Gasteiger partial charge >= 0.3 is 6.18 Å². The zero-order chi connectivity index (χ0) is 23.1. The molecule has 32 heavy (non-hydrogen) atoms. The second-order valence-corrected chi connectivity index (χ2v) is 9.61. The summed E-state index contributed by atoms with van der Waals surface area (Å²) in [7, 11) is -4.07. The lowest BCUT2D eigenvalue weighted by Crippen LogP contribution is -2.24. The van der Waals surface area contributed by atoms with E-state index in [2.05, 4.69) is 9.97 Å². The van der Waals surface area contributed by atoms with Gasteiger partial charge < -0.3 is 4.90 Å². The van der Waals surface area contributed by atoms with Gasteiger partial charge in [0, 0.05) is 17.9 Å². The van der Waals surface area contributed by atoms with Crippen LogP contribution in [0.2, 0.25) is 0 Å². The van der Waals surface area contributed by atoms with Crippen molar-refractivity contribution >= 4 is 27.6 Å². The summed E-state index contributed by atoms with van der Waals surface area (Å²) in [6.45, 7) is 0.448. The van der Waals surface area contributed by atoms with Crippen molar-refractivity contribution in [2.45, 2.75) is 11.1 Å². The predicted octanol–water partition coefficient (Wildman–Crippen LogP) is 4.13. The van der Waals surface area contributed by atoms with Gasteiger partial charge in [-0.15, -0.1) is 11.8 Å². The van der Waals surface area contributed by atoms with Crippen LogP contribution in [0.5, 0.6) is 0 Å². The van der Waals surface area contributed by atoms with Gasteiger partial charge in [-0.05, 0) is 42.0 Å². The van der Waals surface area contributed by atoms with E-state index in [4.69, 9.17) is 5.14 Å². The Hall–Kier alpha value is -2.70. The molecule has 6 nitrogen and oxygen atoms in total. The third-order valence-corrected chi connectivity index (χ3v) is 6.64. The van der Waals surface area contributed by atoms with Crippen LogP contribution in [-0.2, 0) is 16.2 Å². The first-order valence-electron chi connectivity index (χ1n) is 9.25. The van der Waals surface area contributed by atoms with E-state index < -0.39 is 27.8 Å². The van der Waals surface area contributed by atoms with Crippen LogP contribution in [0, 0.1) is 5.82 Å².